The lowest BCUT2D eigenvalue weighted by Gasteiger charge is -2.33. The summed E-state index contributed by atoms with van der Waals surface area (Å²) >= 11 is 0. The summed E-state index contributed by atoms with van der Waals surface area (Å²) in [7, 11) is 0. The number of guanidine groups is 1. The van der Waals surface area contributed by atoms with Gasteiger partial charge in [-0.2, -0.15) is 0 Å². The van der Waals surface area contributed by atoms with Crippen molar-refractivity contribution in [1.29, 1.82) is 0 Å². The fraction of sp³-hybridized carbons (Fsp3) is 0.562. The molecule has 3 nitrogen and oxygen atoms in total. The normalized spacial score (nSPS) is 24.0. The number of hydrogen-bond acceptors (Lipinski definition) is 3. The molecule has 1 heterocycles. The SMILES string of the molecule is Cc1ccc(C)c(C2CN=C(N)N2C2CCCC2)c1. The van der Waals surface area contributed by atoms with E-state index >= 15 is 0 Å². The molecule has 2 aliphatic rings. The van der Waals surface area contributed by atoms with E-state index in [4.69, 9.17) is 5.73 Å². The average Bonchev–Trinajstić information content (AvgIpc) is 3.01. The van der Waals surface area contributed by atoms with E-state index in [1.54, 1.807) is 0 Å². The fourth-order valence-corrected chi connectivity index (χ4v) is 3.50. The molecule has 1 fully saturated rings. The Balaban J connectivity index is 1.93. The molecule has 102 valence electrons. The second kappa shape index (κ2) is 4.87. The van der Waals surface area contributed by atoms with Crippen molar-refractivity contribution in [3.05, 3.63) is 34.9 Å². The molecule has 1 aromatic rings. The Hall–Kier alpha value is -1.51. The predicted octanol–water partition coefficient (Wildman–Crippen LogP) is 2.92. The smallest absolute Gasteiger partial charge is 0.192 e. The summed E-state index contributed by atoms with van der Waals surface area (Å²) < 4.78 is 0. The van der Waals surface area contributed by atoms with Gasteiger partial charge in [0.1, 0.15) is 0 Å². The third-order valence-electron chi connectivity index (χ3n) is 4.54. The van der Waals surface area contributed by atoms with Gasteiger partial charge in [-0.05, 0) is 37.8 Å². The molecule has 1 saturated carbocycles. The molecule has 19 heavy (non-hydrogen) atoms. The van der Waals surface area contributed by atoms with Crippen molar-refractivity contribution in [3.8, 4) is 0 Å². The van der Waals surface area contributed by atoms with Gasteiger partial charge >= 0.3 is 0 Å². The van der Waals surface area contributed by atoms with Gasteiger partial charge in [0.15, 0.2) is 5.96 Å². The molecule has 0 aromatic heterocycles. The van der Waals surface area contributed by atoms with Crippen LogP contribution in [0.15, 0.2) is 23.2 Å². The number of hydrogen-bond donors (Lipinski definition) is 1. The zero-order valence-electron chi connectivity index (χ0n) is 11.9. The molecule has 0 radical (unpaired) electrons. The van der Waals surface area contributed by atoms with Crippen LogP contribution in [-0.4, -0.2) is 23.4 Å². The lowest BCUT2D eigenvalue weighted by Crippen LogP contribution is -2.42. The quantitative estimate of drug-likeness (QED) is 0.885. The predicted molar refractivity (Wildman–Crippen MR) is 79.2 cm³/mol. The van der Waals surface area contributed by atoms with Crippen LogP contribution in [0.1, 0.15) is 48.4 Å². The average molecular weight is 257 g/mol. The second-order valence-electron chi connectivity index (χ2n) is 5.92. The van der Waals surface area contributed by atoms with Crippen molar-refractivity contribution in [2.24, 2.45) is 10.7 Å². The Bertz CT molecular complexity index is 501. The first-order chi connectivity index (χ1) is 9.16. The molecule has 0 spiro atoms. The number of benzene rings is 1. The molecule has 1 aliphatic heterocycles. The van der Waals surface area contributed by atoms with E-state index in [1.165, 1.54) is 42.4 Å². The molecule has 1 unspecified atom stereocenters. The molecule has 1 aromatic carbocycles. The summed E-state index contributed by atoms with van der Waals surface area (Å²) in [6.07, 6.45) is 5.18. The van der Waals surface area contributed by atoms with Crippen molar-refractivity contribution < 1.29 is 0 Å². The highest BCUT2D eigenvalue weighted by Gasteiger charge is 2.35. The Labute approximate surface area is 115 Å². The maximum Gasteiger partial charge on any atom is 0.192 e. The molecular formula is C16H23N3. The Morgan fingerprint density at radius 1 is 1.21 bits per heavy atom. The molecule has 0 saturated heterocycles. The van der Waals surface area contributed by atoms with Crippen LogP contribution >= 0.6 is 0 Å². The van der Waals surface area contributed by atoms with E-state index in [-0.39, 0.29) is 0 Å². The highest BCUT2D eigenvalue weighted by Crippen LogP contribution is 2.35. The lowest BCUT2D eigenvalue weighted by atomic mass is 9.97. The fourth-order valence-electron chi connectivity index (χ4n) is 3.50. The number of aryl methyl sites for hydroxylation is 2. The van der Waals surface area contributed by atoms with Gasteiger partial charge in [0.05, 0.1) is 12.6 Å². The number of rotatable bonds is 2. The first kappa shape index (κ1) is 12.5. The van der Waals surface area contributed by atoms with Crippen molar-refractivity contribution in [2.45, 2.75) is 51.6 Å². The maximum absolute atomic E-state index is 6.15. The minimum absolute atomic E-state index is 0.350. The van der Waals surface area contributed by atoms with Crippen LogP contribution in [0, 0.1) is 13.8 Å². The highest BCUT2D eigenvalue weighted by atomic mass is 15.3. The zero-order chi connectivity index (χ0) is 13.4. The maximum atomic E-state index is 6.15. The van der Waals surface area contributed by atoms with Crippen molar-refractivity contribution in [3.63, 3.8) is 0 Å². The van der Waals surface area contributed by atoms with E-state index in [0.29, 0.717) is 12.1 Å². The van der Waals surface area contributed by atoms with Crippen LogP contribution in [-0.2, 0) is 0 Å². The van der Waals surface area contributed by atoms with Crippen LogP contribution in [0.5, 0.6) is 0 Å². The highest BCUT2D eigenvalue weighted by molar-refractivity contribution is 5.81. The lowest BCUT2D eigenvalue weighted by molar-refractivity contribution is 0.261. The van der Waals surface area contributed by atoms with Crippen molar-refractivity contribution >= 4 is 5.96 Å². The van der Waals surface area contributed by atoms with E-state index in [1.807, 2.05) is 0 Å². The summed E-state index contributed by atoms with van der Waals surface area (Å²) in [6, 6.07) is 7.64. The van der Waals surface area contributed by atoms with Crippen LogP contribution in [0.25, 0.3) is 0 Å². The molecule has 3 heteroatoms. The van der Waals surface area contributed by atoms with E-state index in [0.717, 1.165) is 12.5 Å². The van der Waals surface area contributed by atoms with Gasteiger partial charge in [-0.15, -0.1) is 0 Å². The van der Waals surface area contributed by atoms with Gasteiger partial charge in [0, 0.05) is 6.04 Å². The first-order valence-electron chi connectivity index (χ1n) is 7.32. The van der Waals surface area contributed by atoms with Gasteiger partial charge in [-0.25, -0.2) is 0 Å². The second-order valence-corrected chi connectivity index (χ2v) is 5.92. The third-order valence-corrected chi connectivity index (χ3v) is 4.54. The van der Waals surface area contributed by atoms with Gasteiger partial charge in [0.2, 0.25) is 0 Å². The third kappa shape index (κ3) is 2.22. The van der Waals surface area contributed by atoms with Gasteiger partial charge in [-0.3, -0.25) is 4.99 Å². The Morgan fingerprint density at radius 3 is 2.68 bits per heavy atom. The topological polar surface area (TPSA) is 41.6 Å². The largest absolute Gasteiger partial charge is 0.370 e. The summed E-state index contributed by atoms with van der Waals surface area (Å²) in [5, 5.41) is 0. The monoisotopic (exact) mass is 257 g/mol. The molecule has 1 atom stereocenters. The Kier molecular flexibility index (Phi) is 3.21. The minimum Gasteiger partial charge on any atom is -0.370 e. The molecule has 3 rings (SSSR count). The molecule has 0 amide bonds. The number of nitrogens with two attached hydrogens (primary N) is 1. The number of aliphatic imine (C=N–C) groups is 1. The molecule has 1 aliphatic carbocycles. The van der Waals surface area contributed by atoms with E-state index in [2.05, 4.69) is 41.9 Å². The van der Waals surface area contributed by atoms with Gasteiger partial charge in [0.25, 0.3) is 0 Å². The van der Waals surface area contributed by atoms with Gasteiger partial charge in [-0.1, -0.05) is 36.6 Å². The molecular weight excluding hydrogens is 234 g/mol. The molecule has 2 N–H and O–H groups in total. The summed E-state index contributed by atoms with van der Waals surface area (Å²) in [6.45, 7) is 5.16. The van der Waals surface area contributed by atoms with E-state index < -0.39 is 0 Å². The van der Waals surface area contributed by atoms with Crippen LogP contribution in [0.2, 0.25) is 0 Å². The van der Waals surface area contributed by atoms with Gasteiger partial charge < -0.3 is 10.6 Å². The molecule has 0 bridgehead atoms. The zero-order valence-corrected chi connectivity index (χ0v) is 11.9. The summed E-state index contributed by atoms with van der Waals surface area (Å²) in [4.78, 5) is 6.89. The van der Waals surface area contributed by atoms with E-state index in [9.17, 15) is 0 Å². The van der Waals surface area contributed by atoms with Crippen LogP contribution in [0.4, 0.5) is 0 Å². The van der Waals surface area contributed by atoms with Crippen molar-refractivity contribution in [2.75, 3.05) is 6.54 Å². The first-order valence-corrected chi connectivity index (χ1v) is 7.32. The van der Waals surface area contributed by atoms with Crippen LogP contribution in [0.3, 0.4) is 0 Å². The standard InChI is InChI=1S/C16H23N3/c1-11-7-8-12(2)14(9-11)15-10-18-16(17)19(15)13-5-3-4-6-13/h7-9,13,15H,3-6,10H2,1-2H3,(H2,17,18). The Morgan fingerprint density at radius 2 is 1.95 bits per heavy atom. The summed E-state index contributed by atoms with van der Waals surface area (Å²) in [5.41, 5.74) is 10.2. The van der Waals surface area contributed by atoms with Crippen LogP contribution < -0.4 is 5.73 Å². The number of nitrogens with zero attached hydrogens (tertiary/aromatic N) is 2. The minimum atomic E-state index is 0.350. The summed E-state index contributed by atoms with van der Waals surface area (Å²) in [5.74, 6) is 0.748. The van der Waals surface area contributed by atoms with Crippen molar-refractivity contribution in [1.82, 2.24) is 4.90 Å².